The van der Waals surface area contributed by atoms with Crippen molar-refractivity contribution in [1.82, 2.24) is 15.0 Å². The Bertz CT molecular complexity index is 992. The van der Waals surface area contributed by atoms with E-state index in [-0.39, 0.29) is 35.4 Å². The predicted molar refractivity (Wildman–Crippen MR) is 111 cm³/mol. The summed E-state index contributed by atoms with van der Waals surface area (Å²) in [6.45, 7) is 0.00845. The SMILES string of the molecule is COc1cc(OC)c(F)c(COc2cnc(Nc3ccc(OCCCO)nc3)nc2)c1F. The van der Waals surface area contributed by atoms with Gasteiger partial charge in [0.2, 0.25) is 11.8 Å². The second-order valence-corrected chi connectivity index (χ2v) is 6.35. The van der Waals surface area contributed by atoms with E-state index in [1.165, 1.54) is 26.6 Å². The van der Waals surface area contributed by atoms with Gasteiger partial charge in [-0.1, -0.05) is 0 Å². The lowest BCUT2D eigenvalue weighted by Crippen LogP contribution is -2.06. The molecule has 0 bridgehead atoms. The maximum absolute atomic E-state index is 14.4. The van der Waals surface area contributed by atoms with Gasteiger partial charge in [-0.05, 0) is 6.07 Å². The fraction of sp³-hybridized carbons (Fsp3) is 0.286. The fourth-order valence-corrected chi connectivity index (χ4v) is 2.58. The van der Waals surface area contributed by atoms with Gasteiger partial charge >= 0.3 is 0 Å². The molecule has 9 nitrogen and oxygen atoms in total. The summed E-state index contributed by atoms with van der Waals surface area (Å²) in [6.07, 6.45) is 4.79. The zero-order valence-corrected chi connectivity index (χ0v) is 17.5. The molecule has 0 amide bonds. The molecule has 3 rings (SSSR count). The van der Waals surface area contributed by atoms with E-state index in [0.717, 1.165) is 6.07 Å². The van der Waals surface area contributed by atoms with Crippen molar-refractivity contribution in [1.29, 1.82) is 0 Å². The molecule has 0 spiro atoms. The third-order valence-electron chi connectivity index (χ3n) is 4.22. The number of anilines is 2. The monoisotopic (exact) mass is 448 g/mol. The third kappa shape index (κ3) is 5.70. The fourth-order valence-electron chi connectivity index (χ4n) is 2.58. The van der Waals surface area contributed by atoms with Gasteiger partial charge in [0.25, 0.3) is 0 Å². The van der Waals surface area contributed by atoms with Crippen LogP contribution >= 0.6 is 0 Å². The summed E-state index contributed by atoms with van der Waals surface area (Å²) in [5.74, 6) is -1.15. The first-order valence-corrected chi connectivity index (χ1v) is 9.56. The molecule has 2 heterocycles. The standard InChI is InChI=1S/C21H22F2N4O5/c1-29-16-8-17(30-2)20(23)15(19(16)22)12-32-14-10-25-21(26-11-14)27-13-4-5-18(24-9-13)31-7-3-6-28/h4-5,8-11,28H,3,6-7,12H2,1-2H3,(H,25,26,27). The Kier molecular flexibility index (Phi) is 7.92. The highest BCUT2D eigenvalue weighted by atomic mass is 19.1. The first-order valence-electron chi connectivity index (χ1n) is 9.56. The summed E-state index contributed by atoms with van der Waals surface area (Å²) in [4.78, 5) is 12.4. The number of aliphatic hydroxyl groups is 1. The third-order valence-corrected chi connectivity index (χ3v) is 4.22. The summed E-state index contributed by atoms with van der Waals surface area (Å²) >= 11 is 0. The molecule has 0 saturated carbocycles. The van der Waals surface area contributed by atoms with E-state index >= 15 is 0 Å². The zero-order chi connectivity index (χ0) is 22.9. The smallest absolute Gasteiger partial charge is 0.227 e. The number of rotatable bonds is 11. The molecule has 0 saturated heterocycles. The van der Waals surface area contributed by atoms with Crippen LogP contribution in [-0.2, 0) is 6.61 Å². The predicted octanol–water partition coefficient (Wildman–Crippen LogP) is 3.25. The molecule has 2 N–H and O–H groups in total. The Balaban J connectivity index is 1.61. The largest absolute Gasteiger partial charge is 0.494 e. The molecule has 2 aromatic heterocycles. The van der Waals surface area contributed by atoms with Gasteiger partial charge in [0.1, 0.15) is 6.61 Å². The second kappa shape index (κ2) is 11.0. The van der Waals surface area contributed by atoms with Gasteiger partial charge in [0.05, 0.1) is 50.7 Å². The van der Waals surface area contributed by atoms with Crippen LogP contribution in [0.25, 0.3) is 0 Å². The van der Waals surface area contributed by atoms with Crippen molar-refractivity contribution in [3.05, 3.63) is 54.0 Å². The van der Waals surface area contributed by atoms with Crippen molar-refractivity contribution >= 4 is 11.6 Å². The molecule has 3 aromatic rings. The van der Waals surface area contributed by atoms with Gasteiger partial charge in [0, 0.05) is 25.2 Å². The highest BCUT2D eigenvalue weighted by Gasteiger charge is 2.20. The zero-order valence-electron chi connectivity index (χ0n) is 17.5. The van der Waals surface area contributed by atoms with E-state index in [4.69, 9.17) is 24.1 Å². The van der Waals surface area contributed by atoms with Crippen molar-refractivity contribution in [2.75, 3.05) is 32.8 Å². The van der Waals surface area contributed by atoms with Crippen LogP contribution in [0.4, 0.5) is 20.4 Å². The first kappa shape index (κ1) is 22.9. The van der Waals surface area contributed by atoms with Crippen LogP contribution in [0.15, 0.2) is 36.8 Å². The van der Waals surface area contributed by atoms with Crippen LogP contribution in [0.3, 0.4) is 0 Å². The maximum Gasteiger partial charge on any atom is 0.227 e. The van der Waals surface area contributed by atoms with Gasteiger partial charge in [-0.25, -0.2) is 23.7 Å². The van der Waals surface area contributed by atoms with E-state index in [9.17, 15) is 8.78 Å². The van der Waals surface area contributed by atoms with E-state index in [1.807, 2.05) is 0 Å². The van der Waals surface area contributed by atoms with Crippen molar-refractivity contribution in [3.63, 3.8) is 0 Å². The number of ether oxygens (including phenoxy) is 4. The van der Waals surface area contributed by atoms with Gasteiger partial charge in [-0.15, -0.1) is 0 Å². The normalized spacial score (nSPS) is 10.5. The van der Waals surface area contributed by atoms with Crippen LogP contribution in [-0.4, -0.2) is 47.5 Å². The molecule has 0 fully saturated rings. The lowest BCUT2D eigenvalue weighted by Gasteiger charge is -2.13. The Labute approximate surface area is 183 Å². The number of aromatic nitrogens is 3. The van der Waals surface area contributed by atoms with E-state index in [2.05, 4.69) is 20.3 Å². The molecule has 0 aliphatic rings. The molecule has 0 unspecified atom stereocenters. The Morgan fingerprint density at radius 2 is 1.62 bits per heavy atom. The van der Waals surface area contributed by atoms with Crippen LogP contribution in [0.1, 0.15) is 12.0 Å². The average Bonchev–Trinajstić information content (AvgIpc) is 2.81. The Morgan fingerprint density at radius 3 is 2.19 bits per heavy atom. The van der Waals surface area contributed by atoms with Crippen LogP contribution in [0.5, 0.6) is 23.1 Å². The minimum atomic E-state index is -0.874. The highest BCUT2D eigenvalue weighted by Crippen LogP contribution is 2.32. The lowest BCUT2D eigenvalue weighted by molar-refractivity contribution is 0.229. The number of nitrogens with zero attached hydrogens (tertiary/aromatic N) is 3. The number of methoxy groups -OCH3 is 2. The topological polar surface area (TPSA) is 108 Å². The van der Waals surface area contributed by atoms with Gasteiger partial charge in [0.15, 0.2) is 28.9 Å². The van der Waals surface area contributed by atoms with Crippen molar-refractivity contribution < 1.29 is 32.8 Å². The highest BCUT2D eigenvalue weighted by molar-refractivity contribution is 5.52. The second-order valence-electron chi connectivity index (χ2n) is 6.35. The van der Waals surface area contributed by atoms with E-state index in [1.54, 1.807) is 18.3 Å². The summed E-state index contributed by atoms with van der Waals surface area (Å²) < 4.78 is 49.4. The quantitative estimate of drug-likeness (QED) is 0.427. The molecule has 11 heteroatoms. The van der Waals surface area contributed by atoms with Crippen molar-refractivity contribution in [3.8, 4) is 23.1 Å². The molecular formula is C21H22F2N4O5. The number of pyridine rings is 1. The summed E-state index contributed by atoms with van der Waals surface area (Å²) in [7, 11) is 2.54. The average molecular weight is 448 g/mol. The summed E-state index contributed by atoms with van der Waals surface area (Å²) in [5.41, 5.74) is 0.288. The summed E-state index contributed by atoms with van der Waals surface area (Å²) in [5, 5.41) is 11.7. The summed E-state index contributed by atoms with van der Waals surface area (Å²) in [6, 6.07) is 4.53. The van der Waals surface area contributed by atoms with E-state index in [0.29, 0.717) is 24.6 Å². The van der Waals surface area contributed by atoms with Crippen molar-refractivity contribution in [2.45, 2.75) is 13.0 Å². The van der Waals surface area contributed by atoms with Gasteiger partial charge < -0.3 is 29.4 Å². The molecule has 1 aromatic carbocycles. The molecule has 0 radical (unpaired) electrons. The minimum absolute atomic E-state index is 0.0499. The van der Waals surface area contributed by atoms with Gasteiger partial charge in [-0.3, -0.25) is 0 Å². The molecule has 0 aliphatic heterocycles. The van der Waals surface area contributed by atoms with Crippen LogP contribution < -0.4 is 24.3 Å². The first-order chi connectivity index (χ1) is 15.5. The van der Waals surface area contributed by atoms with Gasteiger partial charge in [-0.2, -0.15) is 0 Å². The number of hydrogen-bond donors (Lipinski definition) is 2. The Hall–Kier alpha value is -3.73. The molecule has 32 heavy (non-hydrogen) atoms. The minimum Gasteiger partial charge on any atom is -0.494 e. The molecular weight excluding hydrogens is 426 g/mol. The number of halogens is 2. The molecule has 0 aliphatic carbocycles. The molecule has 170 valence electrons. The lowest BCUT2D eigenvalue weighted by atomic mass is 10.1. The number of benzene rings is 1. The number of nitrogens with one attached hydrogen (secondary N) is 1. The Morgan fingerprint density at radius 1 is 0.938 bits per heavy atom. The van der Waals surface area contributed by atoms with Crippen molar-refractivity contribution in [2.24, 2.45) is 0 Å². The number of hydrogen-bond acceptors (Lipinski definition) is 9. The van der Waals surface area contributed by atoms with Crippen LogP contribution in [0.2, 0.25) is 0 Å². The van der Waals surface area contributed by atoms with Crippen LogP contribution in [0, 0.1) is 11.6 Å². The van der Waals surface area contributed by atoms with E-state index < -0.39 is 18.2 Å². The molecule has 0 atom stereocenters. The number of aliphatic hydroxyl groups excluding tert-OH is 1. The maximum atomic E-state index is 14.4.